The molecule has 0 amide bonds. The number of hydrogen-bond acceptors (Lipinski definition) is 2. The highest BCUT2D eigenvalue weighted by Crippen LogP contribution is 2.37. The molecule has 0 spiro atoms. The molecule has 0 unspecified atom stereocenters. The Morgan fingerprint density at radius 3 is 2.31 bits per heavy atom. The van der Waals surface area contributed by atoms with E-state index in [1.54, 1.807) is 0 Å². The van der Waals surface area contributed by atoms with E-state index in [-0.39, 0.29) is 5.69 Å². The predicted octanol–water partition coefficient (Wildman–Crippen LogP) is 2.30. The van der Waals surface area contributed by atoms with Crippen molar-refractivity contribution in [2.24, 2.45) is 0 Å². The van der Waals surface area contributed by atoms with Gasteiger partial charge in [0.15, 0.2) is 0 Å². The summed E-state index contributed by atoms with van der Waals surface area (Å²) in [5, 5.41) is 8.98. The average Bonchev–Trinajstić information content (AvgIpc) is 1.94. The van der Waals surface area contributed by atoms with Crippen molar-refractivity contribution in [3.8, 4) is 5.75 Å². The lowest BCUT2D eigenvalue weighted by atomic mass is 10.1. The van der Waals surface area contributed by atoms with Gasteiger partial charge in [0.25, 0.3) is 0 Å². The highest BCUT2D eigenvalue weighted by atomic mass is 19.4. The third-order valence-electron chi connectivity index (χ3n) is 1.69. The molecule has 0 aromatic heterocycles. The number of benzene rings is 1. The number of nitrogen functional groups attached to an aromatic ring is 1. The molecule has 13 heavy (non-hydrogen) atoms. The lowest BCUT2D eigenvalue weighted by Gasteiger charge is -2.10. The number of halogens is 3. The van der Waals surface area contributed by atoms with Gasteiger partial charge >= 0.3 is 6.18 Å². The zero-order chi connectivity index (χ0) is 10.2. The highest BCUT2D eigenvalue weighted by Gasteiger charge is 2.34. The first-order chi connectivity index (χ1) is 5.82. The number of rotatable bonds is 0. The van der Waals surface area contributed by atoms with Gasteiger partial charge in [-0.2, -0.15) is 13.2 Å². The molecule has 0 atom stereocenters. The van der Waals surface area contributed by atoms with Crippen LogP contribution in [-0.4, -0.2) is 5.11 Å². The van der Waals surface area contributed by atoms with Crippen molar-refractivity contribution >= 4 is 5.69 Å². The fraction of sp³-hybridized carbons (Fsp3) is 0.250. The van der Waals surface area contributed by atoms with Crippen LogP contribution in [0.15, 0.2) is 12.1 Å². The largest absolute Gasteiger partial charge is 0.507 e. The first kappa shape index (κ1) is 9.70. The summed E-state index contributed by atoms with van der Waals surface area (Å²) in [6.45, 7) is 1.52. The molecule has 0 radical (unpaired) electrons. The number of aromatic hydroxyl groups is 1. The van der Waals surface area contributed by atoms with Gasteiger partial charge in [-0.25, -0.2) is 0 Å². The molecule has 0 saturated heterocycles. The number of hydrogen-bond donors (Lipinski definition) is 2. The zero-order valence-corrected chi connectivity index (χ0v) is 6.81. The first-order valence-electron chi connectivity index (χ1n) is 3.48. The van der Waals surface area contributed by atoms with E-state index in [1.807, 2.05) is 0 Å². The van der Waals surface area contributed by atoms with Gasteiger partial charge in [0.1, 0.15) is 5.75 Å². The number of nitrogens with two attached hydrogens (primary N) is 1. The predicted molar refractivity (Wildman–Crippen MR) is 42.3 cm³/mol. The fourth-order valence-corrected chi connectivity index (χ4v) is 0.936. The second kappa shape index (κ2) is 2.83. The summed E-state index contributed by atoms with van der Waals surface area (Å²) in [5.41, 5.74) is 4.61. The van der Waals surface area contributed by atoms with Crippen LogP contribution in [0, 0.1) is 6.92 Å². The molecule has 2 nitrogen and oxygen atoms in total. The van der Waals surface area contributed by atoms with Crippen LogP contribution in [0.3, 0.4) is 0 Å². The lowest BCUT2D eigenvalue weighted by Crippen LogP contribution is -2.06. The van der Waals surface area contributed by atoms with E-state index in [4.69, 9.17) is 10.8 Å². The number of aryl methyl sites for hydroxylation is 1. The van der Waals surface area contributed by atoms with Gasteiger partial charge in [0.2, 0.25) is 0 Å². The second-order valence-electron chi connectivity index (χ2n) is 2.72. The third kappa shape index (κ3) is 1.85. The molecule has 0 heterocycles. The molecule has 0 aliphatic rings. The topological polar surface area (TPSA) is 46.2 Å². The van der Waals surface area contributed by atoms with Crippen molar-refractivity contribution in [1.82, 2.24) is 0 Å². The van der Waals surface area contributed by atoms with Gasteiger partial charge in [-0.1, -0.05) is 0 Å². The van der Waals surface area contributed by atoms with Gasteiger partial charge in [0, 0.05) is 5.69 Å². The minimum Gasteiger partial charge on any atom is -0.507 e. The zero-order valence-electron chi connectivity index (χ0n) is 6.81. The molecule has 1 rings (SSSR count). The highest BCUT2D eigenvalue weighted by molar-refractivity contribution is 5.54. The molecule has 3 N–H and O–H groups in total. The molecule has 1 aromatic carbocycles. The van der Waals surface area contributed by atoms with Crippen LogP contribution >= 0.6 is 0 Å². The number of phenols is 1. The first-order valence-corrected chi connectivity index (χ1v) is 3.48. The molecular weight excluding hydrogens is 183 g/mol. The molecule has 72 valence electrons. The van der Waals surface area contributed by atoms with Crippen molar-refractivity contribution < 1.29 is 18.3 Å². The van der Waals surface area contributed by atoms with Crippen LogP contribution < -0.4 is 5.73 Å². The Morgan fingerprint density at radius 1 is 1.31 bits per heavy atom. The molecule has 1 aromatic rings. The summed E-state index contributed by atoms with van der Waals surface area (Å²) in [4.78, 5) is 0. The van der Waals surface area contributed by atoms with E-state index >= 15 is 0 Å². The van der Waals surface area contributed by atoms with Crippen molar-refractivity contribution in [3.63, 3.8) is 0 Å². The number of phenolic OH excluding ortho intramolecular Hbond substituents is 1. The Kier molecular flexibility index (Phi) is 2.11. The minimum absolute atomic E-state index is 0.0186. The number of alkyl halides is 3. The third-order valence-corrected chi connectivity index (χ3v) is 1.69. The van der Waals surface area contributed by atoms with E-state index in [1.165, 1.54) is 6.92 Å². The second-order valence-corrected chi connectivity index (χ2v) is 2.72. The summed E-state index contributed by atoms with van der Waals surface area (Å²) in [7, 11) is 0. The molecular formula is C8H8F3NO. The van der Waals surface area contributed by atoms with Gasteiger partial charge in [-0.3, -0.25) is 0 Å². The summed E-state index contributed by atoms with van der Waals surface area (Å²) in [6.07, 6.45) is -4.56. The van der Waals surface area contributed by atoms with Crippen LogP contribution in [0.1, 0.15) is 11.1 Å². The van der Waals surface area contributed by atoms with Crippen molar-refractivity contribution in [3.05, 3.63) is 23.3 Å². The molecule has 5 heteroatoms. The van der Waals surface area contributed by atoms with Crippen LogP contribution in [0.25, 0.3) is 0 Å². The van der Waals surface area contributed by atoms with E-state index in [0.717, 1.165) is 12.1 Å². The Labute approximate surface area is 72.8 Å². The van der Waals surface area contributed by atoms with Crippen molar-refractivity contribution in [1.29, 1.82) is 0 Å². The van der Waals surface area contributed by atoms with Gasteiger partial charge in [0.05, 0.1) is 5.56 Å². The SMILES string of the molecule is Cc1cc(O)c(C(F)(F)F)cc1N. The smallest absolute Gasteiger partial charge is 0.420 e. The van der Waals surface area contributed by atoms with Crippen molar-refractivity contribution in [2.45, 2.75) is 13.1 Å². The van der Waals surface area contributed by atoms with Gasteiger partial charge in [-0.05, 0) is 24.6 Å². The van der Waals surface area contributed by atoms with Crippen molar-refractivity contribution in [2.75, 3.05) is 5.73 Å². The molecule has 0 aliphatic carbocycles. The lowest BCUT2D eigenvalue weighted by molar-refractivity contribution is -0.138. The van der Waals surface area contributed by atoms with Crippen LogP contribution in [0.5, 0.6) is 5.75 Å². The normalized spacial score (nSPS) is 11.7. The van der Waals surface area contributed by atoms with Crippen LogP contribution in [-0.2, 0) is 6.18 Å². The number of anilines is 1. The molecule has 0 fully saturated rings. The minimum atomic E-state index is -4.56. The molecule has 0 bridgehead atoms. The maximum Gasteiger partial charge on any atom is 0.420 e. The summed E-state index contributed by atoms with van der Waals surface area (Å²) >= 11 is 0. The molecule has 0 saturated carbocycles. The Balaban J connectivity index is 3.32. The van der Waals surface area contributed by atoms with E-state index in [9.17, 15) is 13.2 Å². The fourth-order valence-electron chi connectivity index (χ4n) is 0.936. The summed E-state index contributed by atoms with van der Waals surface area (Å²) in [6, 6.07) is 1.73. The Hall–Kier alpha value is -1.39. The maximum absolute atomic E-state index is 12.1. The van der Waals surface area contributed by atoms with Crippen LogP contribution in [0.4, 0.5) is 18.9 Å². The standard InChI is InChI=1S/C8H8F3NO/c1-4-2-7(13)5(3-6(4)12)8(9,10)11/h2-3,13H,12H2,1H3. The van der Waals surface area contributed by atoms with E-state index < -0.39 is 17.5 Å². The van der Waals surface area contributed by atoms with Gasteiger partial charge < -0.3 is 10.8 Å². The van der Waals surface area contributed by atoms with E-state index in [0.29, 0.717) is 5.56 Å². The molecule has 0 aliphatic heterocycles. The monoisotopic (exact) mass is 191 g/mol. The Morgan fingerprint density at radius 2 is 1.85 bits per heavy atom. The Bertz CT molecular complexity index is 333. The van der Waals surface area contributed by atoms with Crippen LogP contribution in [0.2, 0.25) is 0 Å². The quantitative estimate of drug-likeness (QED) is 0.488. The summed E-state index contributed by atoms with van der Waals surface area (Å²) < 4.78 is 36.4. The van der Waals surface area contributed by atoms with E-state index in [2.05, 4.69) is 0 Å². The summed E-state index contributed by atoms with van der Waals surface area (Å²) in [5.74, 6) is -0.792. The average molecular weight is 191 g/mol. The maximum atomic E-state index is 12.1. The van der Waals surface area contributed by atoms with Gasteiger partial charge in [-0.15, -0.1) is 0 Å².